The molecule has 3 aromatic heterocycles. The van der Waals surface area contributed by atoms with Crippen molar-refractivity contribution in [1.82, 2.24) is 24.9 Å². The maximum absolute atomic E-state index is 15.1. The fourth-order valence-corrected chi connectivity index (χ4v) is 5.12. The minimum atomic E-state index is -0.765. The Bertz CT molecular complexity index is 1780. The SMILES string of the molecule is CCOc1cnc2c(-c3nc4cc(F)c(O[C@@H](C)[C@@H](C)OC(=O)Nc5cnc(OC[C@H](C)O)nc5)cc4s3)cc(C)cc2n1. The van der Waals surface area contributed by atoms with Gasteiger partial charge in [0.2, 0.25) is 5.88 Å². The number of aliphatic hydroxyl groups excluding tert-OH is 1. The third-order valence-corrected chi connectivity index (χ3v) is 7.38. The Morgan fingerprint density at radius 1 is 1.00 bits per heavy atom. The summed E-state index contributed by atoms with van der Waals surface area (Å²) in [5.74, 6) is -0.145. The quantitative estimate of drug-likeness (QED) is 0.186. The highest BCUT2D eigenvalue weighted by Gasteiger charge is 2.22. The van der Waals surface area contributed by atoms with Gasteiger partial charge in [-0.25, -0.2) is 34.1 Å². The first-order valence-electron chi connectivity index (χ1n) is 13.9. The second-order valence-corrected chi connectivity index (χ2v) is 11.1. The van der Waals surface area contributed by atoms with Crippen LogP contribution in [0.5, 0.6) is 17.6 Å². The molecule has 44 heavy (non-hydrogen) atoms. The van der Waals surface area contributed by atoms with E-state index in [0.29, 0.717) is 38.7 Å². The van der Waals surface area contributed by atoms with Crippen molar-refractivity contribution in [2.75, 3.05) is 18.5 Å². The molecule has 0 spiro atoms. The van der Waals surface area contributed by atoms with E-state index in [0.717, 1.165) is 11.1 Å². The van der Waals surface area contributed by atoms with Gasteiger partial charge in [-0.05, 0) is 52.3 Å². The number of amides is 1. The Morgan fingerprint density at radius 3 is 2.50 bits per heavy atom. The van der Waals surface area contributed by atoms with Crippen molar-refractivity contribution in [3.8, 4) is 28.2 Å². The number of hydrogen-bond donors (Lipinski definition) is 2. The molecule has 0 aliphatic heterocycles. The van der Waals surface area contributed by atoms with E-state index >= 15 is 4.39 Å². The molecule has 0 saturated carbocycles. The minimum Gasteiger partial charge on any atom is -0.484 e. The number of fused-ring (bicyclic) bond motifs is 2. The summed E-state index contributed by atoms with van der Waals surface area (Å²) in [4.78, 5) is 34.1. The van der Waals surface area contributed by atoms with Crippen LogP contribution in [0.4, 0.5) is 14.9 Å². The number of thiazole rings is 1. The number of aryl methyl sites for hydroxylation is 1. The van der Waals surface area contributed by atoms with Crippen molar-refractivity contribution in [3.63, 3.8) is 0 Å². The number of benzene rings is 2. The summed E-state index contributed by atoms with van der Waals surface area (Å²) >= 11 is 1.38. The molecule has 5 rings (SSSR count). The van der Waals surface area contributed by atoms with Crippen molar-refractivity contribution >= 4 is 44.4 Å². The van der Waals surface area contributed by atoms with Crippen molar-refractivity contribution in [1.29, 1.82) is 0 Å². The lowest BCUT2D eigenvalue weighted by atomic mass is 10.1. The number of nitrogens with one attached hydrogen (secondary N) is 1. The van der Waals surface area contributed by atoms with E-state index in [1.165, 1.54) is 29.8 Å². The number of hydrogen-bond acceptors (Lipinski definition) is 12. The van der Waals surface area contributed by atoms with Gasteiger partial charge in [0.05, 0.1) is 58.2 Å². The van der Waals surface area contributed by atoms with E-state index in [4.69, 9.17) is 18.9 Å². The first kappa shape index (κ1) is 30.8. The second kappa shape index (κ2) is 13.3. The predicted molar refractivity (Wildman–Crippen MR) is 163 cm³/mol. The fraction of sp³-hybridized carbons (Fsp3) is 0.333. The molecule has 0 unspecified atom stereocenters. The maximum atomic E-state index is 15.1. The molecule has 0 fully saturated rings. The first-order valence-corrected chi connectivity index (χ1v) is 14.7. The molecule has 0 aliphatic carbocycles. The van der Waals surface area contributed by atoms with E-state index < -0.39 is 30.2 Å². The van der Waals surface area contributed by atoms with Gasteiger partial charge < -0.3 is 24.1 Å². The number of anilines is 1. The maximum Gasteiger partial charge on any atom is 0.412 e. The smallest absolute Gasteiger partial charge is 0.412 e. The molecule has 14 heteroatoms. The van der Waals surface area contributed by atoms with Gasteiger partial charge in [0.1, 0.15) is 23.8 Å². The van der Waals surface area contributed by atoms with Crippen LogP contribution in [-0.4, -0.2) is 67.6 Å². The van der Waals surface area contributed by atoms with Crippen LogP contribution in [0.1, 0.15) is 33.3 Å². The van der Waals surface area contributed by atoms with Crippen LogP contribution < -0.4 is 19.5 Å². The average molecular weight is 623 g/mol. The molecule has 1 amide bonds. The fourth-order valence-electron chi connectivity index (χ4n) is 4.12. The van der Waals surface area contributed by atoms with Gasteiger partial charge in [0.25, 0.3) is 0 Å². The molecule has 230 valence electrons. The number of nitrogens with zero attached hydrogens (tertiary/aromatic N) is 5. The van der Waals surface area contributed by atoms with Crippen LogP contribution in [-0.2, 0) is 4.74 Å². The highest BCUT2D eigenvalue weighted by Crippen LogP contribution is 2.37. The summed E-state index contributed by atoms with van der Waals surface area (Å²) in [6.45, 7) is 9.24. The summed E-state index contributed by atoms with van der Waals surface area (Å²) < 4.78 is 37.8. The first-order chi connectivity index (χ1) is 21.1. The molecule has 0 aliphatic rings. The molecule has 3 atom stereocenters. The van der Waals surface area contributed by atoms with E-state index in [2.05, 4.69) is 30.2 Å². The molecule has 0 radical (unpaired) electrons. The third-order valence-electron chi connectivity index (χ3n) is 6.33. The Hall–Kier alpha value is -4.69. The normalized spacial score (nSPS) is 13.3. The van der Waals surface area contributed by atoms with E-state index in [-0.39, 0.29) is 24.1 Å². The Morgan fingerprint density at radius 2 is 1.77 bits per heavy atom. The molecule has 2 N–H and O–H groups in total. The lowest BCUT2D eigenvalue weighted by molar-refractivity contribution is 0.0402. The van der Waals surface area contributed by atoms with E-state index in [1.54, 1.807) is 33.0 Å². The number of halogens is 1. The third kappa shape index (κ3) is 7.26. The van der Waals surface area contributed by atoms with Gasteiger partial charge in [0, 0.05) is 17.7 Å². The Labute approximate surface area is 256 Å². The van der Waals surface area contributed by atoms with Gasteiger partial charge in [-0.2, -0.15) is 0 Å². The minimum absolute atomic E-state index is 0.00694. The molecule has 12 nitrogen and oxygen atoms in total. The van der Waals surface area contributed by atoms with Crippen LogP contribution in [0.25, 0.3) is 31.8 Å². The van der Waals surface area contributed by atoms with Crippen molar-refractivity contribution in [2.45, 2.75) is 52.9 Å². The molecule has 0 saturated heterocycles. The average Bonchev–Trinajstić information content (AvgIpc) is 3.38. The van der Waals surface area contributed by atoms with Crippen LogP contribution >= 0.6 is 11.3 Å². The van der Waals surface area contributed by atoms with Gasteiger partial charge in [-0.15, -0.1) is 11.3 Å². The standard InChI is InChI=1S/C30H31FN6O6S/c1-6-40-26-13-32-27-20(7-15(2)8-23(27)36-26)28-37-22-9-21(31)24(10-25(22)44-28)42-17(4)18(5)43-30(39)35-19-11-33-29(34-12-19)41-14-16(3)38/h7-13,16-18,38H,6,14H2,1-5H3,(H,35,39)/t16-,17-,18+/m0/s1. The van der Waals surface area contributed by atoms with Gasteiger partial charge >= 0.3 is 12.1 Å². The summed E-state index contributed by atoms with van der Waals surface area (Å²) in [6.07, 6.45) is 1.39. The van der Waals surface area contributed by atoms with E-state index in [9.17, 15) is 9.90 Å². The van der Waals surface area contributed by atoms with E-state index in [1.807, 2.05) is 26.0 Å². The molecule has 0 bridgehead atoms. The van der Waals surface area contributed by atoms with Crippen molar-refractivity contribution < 1.29 is 33.2 Å². The second-order valence-electron chi connectivity index (χ2n) is 10.1. The molecule has 2 aromatic carbocycles. The summed E-state index contributed by atoms with van der Waals surface area (Å²) in [7, 11) is 0. The lowest BCUT2D eigenvalue weighted by Gasteiger charge is -2.22. The van der Waals surface area contributed by atoms with Gasteiger partial charge in [-0.1, -0.05) is 0 Å². The number of aliphatic hydroxyl groups is 1. The number of carbonyl (C=O) groups is 1. The Balaban J connectivity index is 1.27. The summed E-state index contributed by atoms with van der Waals surface area (Å²) in [5.41, 5.74) is 3.86. The largest absolute Gasteiger partial charge is 0.484 e. The zero-order chi connectivity index (χ0) is 31.4. The van der Waals surface area contributed by atoms with Crippen molar-refractivity contribution in [3.05, 3.63) is 54.2 Å². The number of aromatic nitrogens is 5. The van der Waals surface area contributed by atoms with Crippen molar-refractivity contribution in [2.24, 2.45) is 0 Å². The highest BCUT2D eigenvalue weighted by atomic mass is 32.1. The van der Waals surface area contributed by atoms with Crippen LogP contribution in [0.2, 0.25) is 0 Å². The highest BCUT2D eigenvalue weighted by molar-refractivity contribution is 7.21. The molecular formula is C30H31FN6O6S. The topological polar surface area (TPSA) is 151 Å². The van der Waals surface area contributed by atoms with Gasteiger partial charge in [-0.3, -0.25) is 5.32 Å². The lowest BCUT2D eigenvalue weighted by Crippen LogP contribution is -2.32. The molecule has 5 aromatic rings. The Kier molecular flexibility index (Phi) is 9.30. The molecular weight excluding hydrogens is 591 g/mol. The van der Waals surface area contributed by atoms with Crippen LogP contribution in [0.15, 0.2) is 42.9 Å². The summed E-state index contributed by atoms with van der Waals surface area (Å²) in [6, 6.07) is 6.87. The monoisotopic (exact) mass is 622 g/mol. The van der Waals surface area contributed by atoms with Crippen LogP contribution in [0, 0.1) is 12.7 Å². The molecule has 3 heterocycles. The number of ether oxygens (including phenoxy) is 4. The summed E-state index contributed by atoms with van der Waals surface area (Å²) in [5, 5.41) is 12.5. The predicted octanol–water partition coefficient (Wildman–Crippen LogP) is 5.71. The van der Waals surface area contributed by atoms with Crippen LogP contribution in [0.3, 0.4) is 0 Å². The number of rotatable bonds is 11. The number of carbonyl (C=O) groups excluding carboxylic acids is 1. The van der Waals surface area contributed by atoms with Gasteiger partial charge in [0.15, 0.2) is 11.6 Å². The zero-order valence-electron chi connectivity index (χ0n) is 24.7. The zero-order valence-corrected chi connectivity index (χ0v) is 25.5.